The predicted molar refractivity (Wildman–Crippen MR) is 76.6 cm³/mol. The third-order valence-electron chi connectivity index (χ3n) is 3.93. The van der Waals surface area contributed by atoms with Gasteiger partial charge in [-0.05, 0) is 25.5 Å². The van der Waals surface area contributed by atoms with Crippen molar-refractivity contribution in [2.24, 2.45) is 5.92 Å². The van der Waals surface area contributed by atoms with Crippen LogP contribution in [-0.4, -0.2) is 41.1 Å². The molecule has 0 aromatic heterocycles. The Kier molecular flexibility index (Phi) is 4.71. The minimum Gasteiger partial charge on any atom is -0.458 e. The van der Waals surface area contributed by atoms with Gasteiger partial charge in [0.2, 0.25) is 5.91 Å². The zero-order valence-electron chi connectivity index (χ0n) is 11.5. The summed E-state index contributed by atoms with van der Waals surface area (Å²) in [5.41, 5.74) is 4.83. The molecule has 0 bridgehead atoms. The fourth-order valence-corrected chi connectivity index (χ4v) is 2.99. The molecule has 112 valence electrons. The van der Waals surface area contributed by atoms with Crippen LogP contribution in [0.3, 0.4) is 0 Å². The molecule has 1 heterocycles. The molecule has 1 saturated heterocycles. The summed E-state index contributed by atoms with van der Waals surface area (Å²) < 4.78 is 5.17. The first-order valence-corrected chi connectivity index (χ1v) is 7.12. The first kappa shape index (κ1) is 15.6. The number of carbonyl (C=O) groups excluding carboxylic acids is 2. The molecule has 5 nitrogen and oxygen atoms in total. The number of hydrogen-bond donors (Lipinski definition) is 2. The van der Waals surface area contributed by atoms with E-state index in [-0.39, 0.29) is 11.8 Å². The summed E-state index contributed by atoms with van der Waals surface area (Å²) in [5, 5.41) is 13.2. The molecule has 1 amide bonds. The zero-order chi connectivity index (χ0) is 15.5. The summed E-state index contributed by atoms with van der Waals surface area (Å²) in [5.74, 6) is -0.638. The van der Waals surface area contributed by atoms with Gasteiger partial charge in [0.15, 0.2) is 0 Å². The second-order valence-electron chi connectivity index (χ2n) is 5.11. The Bertz CT molecular complexity index is 572. The second kappa shape index (κ2) is 6.33. The number of aliphatic hydroxyl groups excluding tert-OH is 1. The molecule has 1 aliphatic heterocycles. The van der Waals surface area contributed by atoms with E-state index in [0.29, 0.717) is 18.5 Å². The van der Waals surface area contributed by atoms with Crippen LogP contribution in [0.15, 0.2) is 35.3 Å². The largest absolute Gasteiger partial charge is 0.458 e. The molecule has 0 aromatic carbocycles. The van der Waals surface area contributed by atoms with Crippen molar-refractivity contribution in [2.75, 3.05) is 5.88 Å². The quantitative estimate of drug-likeness (QED) is 0.433. The smallest absolute Gasteiger partial charge is 0.293 e. The standard InChI is InChI=1S/C15H16ClNO4/c1-15(21-9-18)11(7-8-16)14(20)17-13(15)12(19)10-5-3-2-4-6-10/h2-3,5,9,11-13,19H,7-8H2,1H3,(H,17,20)/t11-,12-,13+,15-/m0/s1. The number of hydrogen-bond acceptors (Lipinski definition) is 4. The lowest BCUT2D eigenvalue weighted by Crippen LogP contribution is -2.52. The van der Waals surface area contributed by atoms with Crippen molar-refractivity contribution in [3.63, 3.8) is 0 Å². The highest BCUT2D eigenvalue weighted by Crippen LogP contribution is 2.37. The van der Waals surface area contributed by atoms with Crippen LogP contribution in [0.1, 0.15) is 13.3 Å². The lowest BCUT2D eigenvalue weighted by atomic mass is 9.81. The zero-order valence-corrected chi connectivity index (χ0v) is 12.3. The highest BCUT2D eigenvalue weighted by molar-refractivity contribution is 6.18. The summed E-state index contributed by atoms with van der Waals surface area (Å²) in [4.78, 5) is 22.9. The van der Waals surface area contributed by atoms with Gasteiger partial charge in [0.1, 0.15) is 11.7 Å². The third-order valence-corrected chi connectivity index (χ3v) is 4.15. The Morgan fingerprint density at radius 2 is 2.43 bits per heavy atom. The van der Waals surface area contributed by atoms with Gasteiger partial charge in [-0.15, -0.1) is 11.6 Å². The number of carbonyl (C=O) groups is 2. The molecule has 0 aromatic rings. The maximum atomic E-state index is 12.1. The molecule has 21 heavy (non-hydrogen) atoms. The molecule has 1 fully saturated rings. The van der Waals surface area contributed by atoms with Crippen molar-refractivity contribution < 1.29 is 19.4 Å². The normalized spacial score (nSPS) is 31.8. The van der Waals surface area contributed by atoms with Gasteiger partial charge in [-0.2, -0.15) is 0 Å². The molecule has 0 unspecified atom stereocenters. The maximum absolute atomic E-state index is 12.1. The van der Waals surface area contributed by atoms with Crippen LogP contribution in [0.5, 0.6) is 0 Å². The van der Waals surface area contributed by atoms with Crippen molar-refractivity contribution in [3.8, 4) is 0 Å². The first-order chi connectivity index (χ1) is 10.0. The third kappa shape index (κ3) is 2.82. The number of halogens is 1. The van der Waals surface area contributed by atoms with Gasteiger partial charge in [0, 0.05) is 11.5 Å². The van der Waals surface area contributed by atoms with E-state index in [9.17, 15) is 14.7 Å². The number of aliphatic hydroxyl groups is 1. The van der Waals surface area contributed by atoms with E-state index in [1.807, 2.05) is 0 Å². The van der Waals surface area contributed by atoms with Gasteiger partial charge < -0.3 is 15.2 Å². The fourth-order valence-electron chi connectivity index (χ4n) is 2.77. The summed E-state index contributed by atoms with van der Waals surface area (Å²) in [6.45, 7) is 1.92. The number of alkyl halides is 1. The summed E-state index contributed by atoms with van der Waals surface area (Å²) in [6, 6.07) is -0.768. The van der Waals surface area contributed by atoms with Crippen LogP contribution in [-0.2, 0) is 14.3 Å². The Morgan fingerprint density at radius 1 is 1.67 bits per heavy atom. The Labute approximate surface area is 127 Å². The van der Waals surface area contributed by atoms with Gasteiger partial charge in [-0.3, -0.25) is 9.59 Å². The lowest BCUT2D eigenvalue weighted by molar-refractivity contribution is -0.150. The van der Waals surface area contributed by atoms with Crippen molar-refractivity contribution in [2.45, 2.75) is 31.1 Å². The van der Waals surface area contributed by atoms with E-state index in [1.165, 1.54) is 0 Å². The molecule has 0 radical (unpaired) electrons. The van der Waals surface area contributed by atoms with Gasteiger partial charge in [0.25, 0.3) is 6.47 Å². The molecule has 2 aliphatic rings. The van der Waals surface area contributed by atoms with Crippen molar-refractivity contribution in [1.82, 2.24) is 5.32 Å². The Morgan fingerprint density at radius 3 is 3.00 bits per heavy atom. The molecule has 2 rings (SSSR count). The van der Waals surface area contributed by atoms with Crippen molar-refractivity contribution in [1.29, 1.82) is 0 Å². The van der Waals surface area contributed by atoms with Crippen LogP contribution in [0.4, 0.5) is 0 Å². The number of allylic oxidation sites excluding steroid dienone is 2. The highest BCUT2D eigenvalue weighted by Gasteiger charge is 2.56. The van der Waals surface area contributed by atoms with E-state index < -0.39 is 23.7 Å². The minimum absolute atomic E-state index is 0.254. The molecular weight excluding hydrogens is 294 g/mol. The highest BCUT2D eigenvalue weighted by atomic mass is 35.5. The SMILES string of the molecule is C[C@@]1(OC=O)[C@@H]([C@@H](O)C2=C=C=CC=C2)NC(=O)[C@@H]1CCCl. The molecule has 4 atom stereocenters. The lowest BCUT2D eigenvalue weighted by Gasteiger charge is -2.35. The van der Waals surface area contributed by atoms with Crippen LogP contribution in [0.2, 0.25) is 0 Å². The topological polar surface area (TPSA) is 75.6 Å². The maximum Gasteiger partial charge on any atom is 0.293 e. The van der Waals surface area contributed by atoms with Gasteiger partial charge in [-0.1, -0.05) is 17.5 Å². The number of nitrogens with one attached hydrogen (secondary N) is 1. The van der Waals surface area contributed by atoms with E-state index in [2.05, 4.69) is 16.8 Å². The number of ether oxygens (including phenoxy) is 1. The summed E-state index contributed by atoms with van der Waals surface area (Å²) in [6.07, 6.45) is 4.33. The van der Waals surface area contributed by atoms with Gasteiger partial charge in [0.05, 0.1) is 12.0 Å². The molecule has 0 spiro atoms. The molecule has 0 saturated carbocycles. The van der Waals surface area contributed by atoms with E-state index in [4.69, 9.17) is 16.3 Å². The number of amides is 1. The van der Waals surface area contributed by atoms with Crippen molar-refractivity contribution in [3.05, 3.63) is 35.3 Å². The van der Waals surface area contributed by atoms with Crippen LogP contribution in [0.25, 0.3) is 0 Å². The second-order valence-corrected chi connectivity index (χ2v) is 5.49. The number of rotatable bonds is 6. The first-order valence-electron chi connectivity index (χ1n) is 6.58. The van der Waals surface area contributed by atoms with E-state index in [1.54, 1.807) is 25.2 Å². The Balaban J connectivity index is 2.35. The Hall–Kier alpha value is -1.77. The minimum atomic E-state index is -1.17. The average Bonchev–Trinajstić information content (AvgIpc) is 2.73. The van der Waals surface area contributed by atoms with E-state index >= 15 is 0 Å². The fraction of sp³-hybridized carbons (Fsp3) is 0.467. The van der Waals surface area contributed by atoms with E-state index in [0.717, 1.165) is 0 Å². The summed E-state index contributed by atoms with van der Waals surface area (Å²) >= 11 is 5.72. The van der Waals surface area contributed by atoms with Gasteiger partial charge in [-0.25, -0.2) is 0 Å². The molecule has 1 aliphatic carbocycles. The monoisotopic (exact) mass is 309 g/mol. The van der Waals surface area contributed by atoms with Crippen LogP contribution < -0.4 is 5.32 Å². The molecule has 2 N–H and O–H groups in total. The predicted octanol–water partition coefficient (Wildman–Crippen LogP) is 0.829. The average molecular weight is 310 g/mol. The summed E-state index contributed by atoms with van der Waals surface area (Å²) in [7, 11) is 0. The van der Waals surface area contributed by atoms with Crippen molar-refractivity contribution >= 4 is 24.0 Å². The van der Waals surface area contributed by atoms with Crippen LogP contribution in [0, 0.1) is 5.92 Å². The van der Waals surface area contributed by atoms with Gasteiger partial charge >= 0.3 is 0 Å². The molecular formula is C15H16ClNO4. The molecule has 6 heteroatoms. The van der Waals surface area contributed by atoms with Crippen LogP contribution >= 0.6 is 11.6 Å².